The third-order valence-electron chi connectivity index (χ3n) is 2.97. The van der Waals surface area contributed by atoms with Crippen molar-refractivity contribution >= 4 is 11.9 Å². The summed E-state index contributed by atoms with van der Waals surface area (Å²) in [5.74, 6) is 0.297. The predicted octanol–water partition coefficient (Wildman–Crippen LogP) is 0.682. The molecule has 2 heterocycles. The third kappa shape index (κ3) is 2.79. The summed E-state index contributed by atoms with van der Waals surface area (Å²) in [6, 6.07) is -0.988. The summed E-state index contributed by atoms with van der Waals surface area (Å²) in [5.41, 5.74) is -0.350. The molecule has 1 unspecified atom stereocenters. The maximum Gasteiger partial charge on any atom is 0.325 e. The minimum Gasteiger partial charge on any atom is -0.377 e. The summed E-state index contributed by atoms with van der Waals surface area (Å²) >= 11 is 0. The molecule has 1 aromatic rings. The van der Waals surface area contributed by atoms with Crippen molar-refractivity contribution in [3.8, 4) is 0 Å². The van der Waals surface area contributed by atoms with Crippen molar-refractivity contribution in [3.63, 3.8) is 0 Å². The van der Waals surface area contributed by atoms with E-state index in [1.807, 2.05) is 20.8 Å². The number of amides is 3. The van der Waals surface area contributed by atoms with Gasteiger partial charge in [-0.2, -0.15) is 4.98 Å². The number of imide groups is 1. The molecular weight excluding hydrogens is 264 g/mol. The molecule has 1 aliphatic heterocycles. The van der Waals surface area contributed by atoms with E-state index in [4.69, 9.17) is 9.26 Å². The van der Waals surface area contributed by atoms with Crippen LogP contribution in [0.25, 0.3) is 0 Å². The van der Waals surface area contributed by atoms with Crippen LogP contribution in [0.3, 0.4) is 0 Å². The predicted molar refractivity (Wildman–Crippen MR) is 67.3 cm³/mol. The van der Waals surface area contributed by atoms with Gasteiger partial charge < -0.3 is 14.6 Å². The van der Waals surface area contributed by atoms with Crippen molar-refractivity contribution in [3.05, 3.63) is 11.7 Å². The van der Waals surface area contributed by atoms with Gasteiger partial charge in [-0.1, -0.05) is 25.9 Å². The molecule has 0 spiro atoms. The lowest BCUT2D eigenvalue weighted by molar-refractivity contribution is -0.130. The molecule has 1 aliphatic rings. The Bertz CT molecular complexity index is 520. The van der Waals surface area contributed by atoms with E-state index < -0.39 is 12.1 Å². The summed E-state index contributed by atoms with van der Waals surface area (Å²) in [4.78, 5) is 29.2. The van der Waals surface area contributed by atoms with Gasteiger partial charge in [-0.25, -0.2) is 4.79 Å². The number of aromatic nitrogens is 2. The van der Waals surface area contributed by atoms with Crippen molar-refractivity contribution in [2.24, 2.45) is 5.41 Å². The topological polar surface area (TPSA) is 97.6 Å². The Morgan fingerprint density at radius 1 is 1.40 bits per heavy atom. The fourth-order valence-corrected chi connectivity index (χ4v) is 1.93. The van der Waals surface area contributed by atoms with Crippen LogP contribution in [0.4, 0.5) is 4.79 Å². The first-order valence-corrected chi connectivity index (χ1v) is 6.25. The average Bonchev–Trinajstić information content (AvgIpc) is 2.89. The Kier molecular flexibility index (Phi) is 3.76. The SMILES string of the molecule is COCc1noc(CN2C(=O)NC(C(C)(C)C)C2=O)n1. The number of nitrogens with zero attached hydrogens (tertiary/aromatic N) is 3. The first kappa shape index (κ1) is 14.4. The number of carbonyl (C=O) groups excluding carboxylic acids is 2. The largest absolute Gasteiger partial charge is 0.377 e. The van der Waals surface area contributed by atoms with Gasteiger partial charge in [0.05, 0.1) is 0 Å². The lowest BCUT2D eigenvalue weighted by atomic mass is 9.87. The van der Waals surface area contributed by atoms with Crippen LogP contribution < -0.4 is 5.32 Å². The summed E-state index contributed by atoms with van der Waals surface area (Å²) < 4.78 is 9.85. The van der Waals surface area contributed by atoms with E-state index in [2.05, 4.69) is 15.5 Å². The number of carbonyl (C=O) groups is 2. The van der Waals surface area contributed by atoms with Crippen LogP contribution in [-0.2, 0) is 22.7 Å². The summed E-state index contributed by atoms with van der Waals surface area (Å²) in [5, 5.41) is 6.35. The zero-order valence-corrected chi connectivity index (χ0v) is 12.0. The van der Waals surface area contributed by atoms with Crippen molar-refractivity contribution in [2.45, 2.75) is 40.0 Å². The van der Waals surface area contributed by atoms with Gasteiger partial charge in [-0.05, 0) is 5.41 Å². The molecule has 1 atom stereocenters. The summed E-state index contributed by atoms with van der Waals surface area (Å²) in [6.07, 6.45) is 0. The number of nitrogens with one attached hydrogen (secondary N) is 1. The molecule has 20 heavy (non-hydrogen) atoms. The van der Waals surface area contributed by atoms with Crippen LogP contribution in [0.15, 0.2) is 4.52 Å². The number of ether oxygens (including phenoxy) is 1. The lowest BCUT2D eigenvalue weighted by Crippen LogP contribution is -2.41. The molecule has 0 saturated carbocycles. The van der Waals surface area contributed by atoms with Crippen LogP contribution >= 0.6 is 0 Å². The molecule has 1 saturated heterocycles. The Morgan fingerprint density at radius 3 is 2.65 bits per heavy atom. The molecule has 110 valence electrons. The van der Waals surface area contributed by atoms with E-state index >= 15 is 0 Å². The third-order valence-corrected chi connectivity index (χ3v) is 2.97. The van der Waals surface area contributed by atoms with Crippen LogP contribution in [0, 0.1) is 5.41 Å². The summed E-state index contributed by atoms with van der Waals surface area (Å²) in [6.45, 7) is 5.86. The van der Waals surface area contributed by atoms with Crippen molar-refractivity contribution in [1.82, 2.24) is 20.4 Å². The maximum absolute atomic E-state index is 12.2. The second-order valence-corrected chi connectivity index (χ2v) is 5.71. The quantitative estimate of drug-likeness (QED) is 0.816. The number of hydrogen-bond donors (Lipinski definition) is 1. The van der Waals surface area contributed by atoms with Gasteiger partial charge >= 0.3 is 6.03 Å². The second kappa shape index (κ2) is 5.20. The van der Waals surface area contributed by atoms with Crippen molar-refractivity contribution in [2.75, 3.05) is 7.11 Å². The van der Waals surface area contributed by atoms with E-state index in [0.717, 1.165) is 4.90 Å². The van der Waals surface area contributed by atoms with Crippen LogP contribution in [0.5, 0.6) is 0 Å². The highest BCUT2D eigenvalue weighted by Gasteiger charge is 2.44. The van der Waals surface area contributed by atoms with Crippen LogP contribution in [-0.4, -0.2) is 40.1 Å². The minimum atomic E-state index is -0.545. The highest BCUT2D eigenvalue weighted by molar-refractivity contribution is 6.04. The number of hydrogen-bond acceptors (Lipinski definition) is 6. The van der Waals surface area contributed by atoms with Crippen molar-refractivity contribution < 1.29 is 18.8 Å². The van der Waals surface area contributed by atoms with Crippen LogP contribution in [0.2, 0.25) is 0 Å². The fourth-order valence-electron chi connectivity index (χ4n) is 1.93. The normalized spacial score (nSPS) is 19.6. The van der Waals surface area contributed by atoms with Gasteiger partial charge in [0.25, 0.3) is 5.91 Å². The zero-order chi connectivity index (χ0) is 14.9. The molecule has 1 aromatic heterocycles. The first-order chi connectivity index (χ1) is 9.32. The maximum atomic E-state index is 12.2. The second-order valence-electron chi connectivity index (χ2n) is 5.71. The molecule has 0 aliphatic carbocycles. The number of urea groups is 1. The molecule has 0 radical (unpaired) electrons. The highest BCUT2D eigenvalue weighted by Crippen LogP contribution is 2.25. The van der Waals surface area contributed by atoms with Gasteiger partial charge in [0.2, 0.25) is 5.89 Å². The van der Waals surface area contributed by atoms with E-state index in [1.54, 1.807) is 0 Å². The molecule has 0 aromatic carbocycles. The molecule has 3 amide bonds. The number of methoxy groups -OCH3 is 1. The van der Waals surface area contributed by atoms with E-state index in [1.165, 1.54) is 7.11 Å². The first-order valence-electron chi connectivity index (χ1n) is 6.25. The zero-order valence-electron chi connectivity index (χ0n) is 12.0. The molecule has 8 heteroatoms. The van der Waals surface area contributed by atoms with Gasteiger partial charge in [-0.3, -0.25) is 9.69 Å². The Morgan fingerprint density at radius 2 is 2.10 bits per heavy atom. The van der Waals surface area contributed by atoms with Gasteiger partial charge in [0.15, 0.2) is 5.82 Å². The van der Waals surface area contributed by atoms with Gasteiger partial charge in [0, 0.05) is 7.11 Å². The standard InChI is InChI=1S/C12H18N4O4/c1-12(2,3)9-10(17)16(11(18)14-9)5-8-13-7(6-19-4)15-20-8/h9H,5-6H2,1-4H3,(H,14,18). The van der Waals surface area contributed by atoms with Crippen LogP contribution in [0.1, 0.15) is 32.5 Å². The lowest BCUT2D eigenvalue weighted by Gasteiger charge is -2.24. The van der Waals surface area contributed by atoms with Gasteiger partial charge in [0.1, 0.15) is 19.2 Å². The van der Waals surface area contributed by atoms with E-state index in [9.17, 15) is 9.59 Å². The van der Waals surface area contributed by atoms with E-state index in [0.29, 0.717) is 5.82 Å². The molecule has 1 N–H and O–H groups in total. The summed E-state index contributed by atoms with van der Waals surface area (Å²) in [7, 11) is 1.52. The molecule has 2 rings (SSSR count). The molecular formula is C12H18N4O4. The van der Waals surface area contributed by atoms with E-state index in [-0.39, 0.29) is 30.4 Å². The minimum absolute atomic E-state index is 0.0338. The Labute approximate surface area is 116 Å². The molecule has 1 fully saturated rings. The monoisotopic (exact) mass is 282 g/mol. The van der Waals surface area contributed by atoms with Gasteiger partial charge in [-0.15, -0.1) is 0 Å². The van der Waals surface area contributed by atoms with Crippen molar-refractivity contribution in [1.29, 1.82) is 0 Å². The number of rotatable bonds is 4. The fraction of sp³-hybridized carbons (Fsp3) is 0.667. The average molecular weight is 282 g/mol. The highest BCUT2D eigenvalue weighted by atomic mass is 16.5. The smallest absolute Gasteiger partial charge is 0.325 e. The Hall–Kier alpha value is -1.96. The Balaban J connectivity index is 2.09. The molecule has 0 bridgehead atoms. The molecule has 8 nitrogen and oxygen atoms in total.